The minimum Gasteiger partial charge on any atom is -0.382 e. The quantitative estimate of drug-likeness (QED) is 0.692. The van der Waals surface area contributed by atoms with Gasteiger partial charge in [-0.25, -0.2) is 0 Å². The molecule has 2 N–H and O–H groups in total. The third-order valence-electron chi connectivity index (χ3n) is 2.37. The third kappa shape index (κ3) is 1.59. The summed E-state index contributed by atoms with van der Waals surface area (Å²) in [6.45, 7) is 1.62. The average Bonchev–Trinajstić information content (AvgIpc) is 2.67. The van der Waals surface area contributed by atoms with E-state index in [4.69, 9.17) is 11.0 Å². The highest BCUT2D eigenvalue weighted by Gasteiger charge is 2.22. The van der Waals surface area contributed by atoms with E-state index in [0.29, 0.717) is 5.82 Å². The number of nitrogens with zero attached hydrogens (tertiary/aromatic N) is 4. The molecule has 1 aromatic rings. The molecule has 1 aromatic heterocycles. The van der Waals surface area contributed by atoms with Crippen molar-refractivity contribution in [3.63, 3.8) is 0 Å². The molecule has 0 aromatic carbocycles. The molecule has 1 unspecified atom stereocenters. The minimum absolute atomic E-state index is 0.120. The van der Waals surface area contributed by atoms with E-state index in [1.54, 1.807) is 6.07 Å². The van der Waals surface area contributed by atoms with Crippen LogP contribution >= 0.6 is 0 Å². The van der Waals surface area contributed by atoms with Gasteiger partial charge in [-0.2, -0.15) is 5.26 Å². The Hall–Kier alpha value is -1.83. The molecule has 1 aliphatic heterocycles. The Morgan fingerprint density at radius 1 is 1.50 bits per heavy atom. The molecular weight excluding hydrogens is 178 g/mol. The Kier molecular flexibility index (Phi) is 2.19. The molecule has 1 fully saturated rings. The third-order valence-corrected chi connectivity index (χ3v) is 2.37. The lowest BCUT2D eigenvalue weighted by molar-refractivity contribution is 0.753. The van der Waals surface area contributed by atoms with Gasteiger partial charge in [-0.3, -0.25) is 0 Å². The van der Waals surface area contributed by atoms with E-state index in [2.05, 4.69) is 21.2 Å². The Bertz CT molecular complexity index is 352. The van der Waals surface area contributed by atoms with Gasteiger partial charge in [-0.15, -0.1) is 10.2 Å². The van der Waals surface area contributed by atoms with Crippen LogP contribution in [0.4, 0.5) is 11.6 Å². The van der Waals surface area contributed by atoms with Crippen molar-refractivity contribution in [1.82, 2.24) is 10.2 Å². The molecule has 1 atom stereocenters. The van der Waals surface area contributed by atoms with Crippen LogP contribution in [0.5, 0.6) is 0 Å². The Balaban J connectivity index is 2.10. The maximum atomic E-state index is 8.74. The number of anilines is 2. The van der Waals surface area contributed by atoms with Gasteiger partial charge in [0, 0.05) is 13.1 Å². The van der Waals surface area contributed by atoms with Crippen molar-refractivity contribution in [3.8, 4) is 6.07 Å². The normalized spacial score (nSPS) is 20.8. The van der Waals surface area contributed by atoms with Crippen LogP contribution in [-0.2, 0) is 0 Å². The number of hydrogen-bond donors (Lipinski definition) is 1. The highest BCUT2D eigenvalue weighted by atomic mass is 15.3. The first-order valence-corrected chi connectivity index (χ1v) is 4.53. The standard InChI is InChI=1S/C9H11N5/c10-5-7-3-4-14(6-7)9-2-1-8(11)12-13-9/h1-2,7H,3-4,6H2,(H2,11,12). The van der Waals surface area contributed by atoms with Crippen molar-refractivity contribution in [3.05, 3.63) is 12.1 Å². The van der Waals surface area contributed by atoms with Crippen molar-refractivity contribution in [2.24, 2.45) is 5.92 Å². The summed E-state index contributed by atoms with van der Waals surface area (Å²) in [7, 11) is 0. The Labute approximate surface area is 82.2 Å². The number of aromatic nitrogens is 2. The van der Waals surface area contributed by atoms with Gasteiger partial charge in [0.25, 0.3) is 0 Å². The molecule has 0 spiro atoms. The fourth-order valence-corrected chi connectivity index (χ4v) is 1.58. The molecular formula is C9H11N5. The second kappa shape index (κ2) is 3.50. The van der Waals surface area contributed by atoms with Gasteiger partial charge in [0.2, 0.25) is 0 Å². The highest BCUT2D eigenvalue weighted by molar-refractivity contribution is 5.42. The van der Waals surface area contributed by atoms with Gasteiger partial charge >= 0.3 is 0 Å². The largest absolute Gasteiger partial charge is 0.382 e. The fourth-order valence-electron chi connectivity index (χ4n) is 1.58. The van der Waals surface area contributed by atoms with Crippen molar-refractivity contribution in [1.29, 1.82) is 5.26 Å². The van der Waals surface area contributed by atoms with Gasteiger partial charge in [-0.1, -0.05) is 0 Å². The van der Waals surface area contributed by atoms with Crippen molar-refractivity contribution in [2.45, 2.75) is 6.42 Å². The number of hydrogen-bond acceptors (Lipinski definition) is 5. The van der Waals surface area contributed by atoms with Crippen LogP contribution in [0, 0.1) is 17.2 Å². The molecule has 1 aliphatic rings. The second-order valence-corrected chi connectivity index (χ2v) is 3.38. The lowest BCUT2D eigenvalue weighted by Gasteiger charge is -2.14. The van der Waals surface area contributed by atoms with Crippen LogP contribution in [0.1, 0.15) is 6.42 Å². The number of nitrogens with two attached hydrogens (primary N) is 1. The number of nitrogen functional groups attached to an aromatic ring is 1. The maximum absolute atomic E-state index is 8.74. The molecule has 1 saturated heterocycles. The van der Waals surface area contributed by atoms with Gasteiger partial charge in [0.15, 0.2) is 5.82 Å². The average molecular weight is 189 g/mol. The zero-order valence-corrected chi connectivity index (χ0v) is 7.72. The van der Waals surface area contributed by atoms with E-state index in [1.807, 2.05) is 6.07 Å². The van der Waals surface area contributed by atoms with E-state index in [0.717, 1.165) is 25.3 Å². The number of rotatable bonds is 1. The van der Waals surface area contributed by atoms with Gasteiger partial charge < -0.3 is 10.6 Å². The molecule has 0 amide bonds. The first-order chi connectivity index (χ1) is 6.79. The summed E-state index contributed by atoms with van der Waals surface area (Å²) in [5.41, 5.74) is 5.43. The van der Waals surface area contributed by atoms with Crippen molar-refractivity contribution < 1.29 is 0 Å². The van der Waals surface area contributed by atoms with Crippen LogP contribution in [0.15, 0.2) is 12.1 Å². The Morgan fingerprint density at radius 3 is 2.93 bits per heavy atom. The van der Waals surface area contributed by atoms with E-state index < -0.39 is 0 Å². The van der Waals surface area contributed by atoms with Crippen LogP contribution in [0.3, 0.4) is 0 Å². The van der Waals surface area contributed by atoms with Gasteiger partial charge in [-0.05, 0) is 18.6 Å². The predicted octanol–water partition coefficient (Wildman–Crippen LogP) is 0.409. The lowest BCUT2D eigenvalue weighted by Crippen LogP contribution is -2.20. The molecule has 0 aliphatic carbocycles. The van der Waals surface area contributed by atoms with E-state index in [-0.39, 0.29) is 5.92 Å². The molecule has 5 nitrogen and oxygen atoms in total. The number of nitriles is 1. The van der Waals surface area contributed by atoms with Crippen LogP contribution in [0.2, 0.25) is 0 Å². The zero-order chi connectivity index (χ0) is 9.97. The monoisotopic (exact) mass is 189 g/mol. The van der Waals surface area contributed by atoms with E-state index in [1.165, 1.54) is 0 Å². The molecule has 2 heterocycles. The summed E-state index contributed by atoms with van der Waals surface area (Å²) in [4.78, 5) is 2.06. The second-order valence-electron chi connectivity index (χ2n) is 3.38. The SMILES string of the molecule is N#CC1CCN(c2ccc(N)nn2)C1. The topological polar surface area (TPSA) is 78.8 Å². The molecule has 0 bridgehead atoms. The predicted molar refractivity (Wildman–Crippen MR) is 52.4 cm³/mol. The van der Waals surface area contributed by atoms with Crippen LogP contribution in [-0.4, -0.2) is 23.3 Å². The highest BCUT2D eigenvalue weighted by Crippen LogP contribution is 2.20. The van der Waals surface area contributed by atoms with Crippen molar-refractivity contribution >= 4 is 11.6 Å². The van der Waals surface area contributed by atoms with Crippen molar-refractivity contribution in [2.75, 3.05) is 23.7 Å². The maximum Gasteiger partial charge on any atom is 0.151 e. The Morgan fingerprint density at radius 2 is 2.36 bits per heavy atom. The van der Waals surface area contributed by atoms with E-state index >= 15 is 0 Å². The summed E-state index contributed by atoms with van der Waals surface area (Å²) in [6, 6.07) is 5.82. The van der Waals surface area contributed by atoms with Gasteiger partial charge in [0.05, 0.1) is 12.0 Å². The van der Waals surface area contributed by atoms with Crippen LogP contribution < -0.4 is 10.6 Å². The lowest BCUT2D eigenvalue weighted by atomic mass is 10.1. The molecule has 0 radical (unpaired) electrons. The van der Waals surface area contributed by atoms with Gasteiger partial charge in [0.1, 0.15) is 5.82 Å². The summed E-state index contributed by atoms with van der Waals surface area (Å²) in [5, 5.41) is 16.5. The summed E-state index contributed by atoms with van der Waals surface area (Å²) in [6.07, 6.45) is 0.905. The zero-order valence-electron chi connectivity index (χ0n) is 7.72. The van der Waals surface area contributed by atoms with E-state index in [9.17, 15) is 0 Å². The summed E-state index contributed by atoms with van der Waals surface area (Å²) >= 11 is 0. The molecule has 5 heteroatoms. The molecule has 2 rings (SSSR count). The summed E-state index contributed by atoms with van der Waals surface area (Å²) in [5.74, 6) is 1.34. The smallest absolute Gasteiger partial charge is 0.151 e. The molecule has 14 heavy (non-hydrogen) atoms. The molecule has 72 valence electrons. The first-order valence-electron chi connectivity index (χ1n) is 4.53. The fraction of sp³-hybridized carbons (Fsp3) is 0.444. The summed E-state index contributed by atoms with van der Waals surface area (Å²) < 4.78 is 0. The molecule has 0 saturated carbocycles. The first kappa shape index (κ1) is 8.75. The van der Waals surface area contributed by atoms with Crippen LogP contribution in [0.25, 0.3) is 0 Å². The minimum atomic E-state index is 0.120.